The molecule has 6 rings (SSSR count). The predicted octanol–water partition coefficient (Wildman–Crippen LogP) is 9.88. The number of hydrogen-bond donors (Lipinski definition) is 3. The average molecular weight is 699 g/mol. The van der Waals surface area contributed by atoms with Gasteiger partial charge in [0.25, 0.3) is 10.0 Å². The number of anilines is 1. The highest BCUT2D eigenvalue weighted by atomic mass is 35.5. The number of sulfonamides is 1. The first kappa shape index (κ1) is 32.8. The maximum Gasteiger partial charge on any atom is 0.337 e. The molecule has 0 aliphatic carbocycles. The zero-order valence-electron chi connectivity index (χ0n) is 25.5. The zero-order valence-corrected chi connectivity index (χ0v) is 27.9. The Hall–Kier alpha value is -5.09. The molecule has 242 valence electrons. The van der Waals surface area contributed by atoms with E-state index in [1.165, 1.54) is 30.3 Å². The quantitative estimate of drug-likeness (QED) is 0.124. The van der Waals surface area contributed by atoms with Crippen molar-refractivity contribution in [1.82, 2.24) is 9.97 Å². The van der Waals surface area contributed by atoms with E-state index in [1.807, 2.05) is 18.2 Å². The van der Waals surface area contributed by atoms with Crippen molar-refractivity contribution in [2.75, 3.05) is 4.72 Å². The maximum absolute atomic E-state index is 12.9. The van der Waals surface area contributed by atoms with E-state index < -0.39 is 16.0 Å². The third-order valence-electron chi connectivity index (χ3n) is 7.81. The number of nitrogens with one attached hydrogen (secondary N) is 2. The number of carbonyl (C=O) groups is 1. The number of H-pyrrole nitrogens is 1. The van der Waals surface area contributed by atoms with Gasteiger partial charge in [0.2, 0.25) is 0 Å². The Morgan fingerprint density at radius 3 is 2.19 bits per heavy atom. The molecular formula is C37H29Cl2N3O5S. The molecule has 0 saturated carbocycles. The topological polar surface area (TPSA) is 121 Å². The van der Waals surface area contributed by atoms with E-state index in [0.29, 0.717) is 15.8 Å². The molecule has 0 spiro atoms. The molecule has 0 saturated heterocycles. The molecule has 0 bridgehead atoms. The Bertz CT molecular complexity index is 2190. The summed E-state index contributed by atoms with van der Waals surface area (Å²) in [6.45, 7) is 2.12. The van der Waals surface area contributed by atoms with Gasteiger partial charge in [-0.3, -0.25) is 4.72 Å². The summed E-state index contributed by atoms with van der Waals surface area (Å²) < 4.78 is 34.1. The minimum Gasteiger partial charge on any atom is -0.478 e. The molecule has 0 amide bonds. The molecule has 1 aromatic heterocycles. The number of hydrogen-bond acceptors (Lipinski definition) is 5. The molecular weight excluding hydrogens is 669 g/mol. The molecule has 6 aromatic rings. The van der Waals surface area contributed by atoms with Crippen molar-refractivity contribution in [2.45, 2.75) is 24.2 Å². The molecule has 48 heavy (non-hydrogen) atoms. The van der Waals surface area contributed by atoms with Gasteiger partial charge in [-0.1, -0.05) is 84.7 Å². The van der Waals surface area contributed by atoms with Crippen molar-refractivity contribution in [1.29, 1.82) is 0 Å². The molecule has 5 aromatic carbocycles. The maximum atomic E-state index is 12.9. The summed E-state index contributed by atoms with van der Waals surface area (Å²) in [7, 11) is -4.02. The number of imidazole rings is 1. The van der Waals surface area contributed by atoms with Gasteiger partial charge in [0, 0.05) is 22.6 Å². The van der Waals surface area contributed by atoms with Crippen LogP contribution in [0.25, 0.3) is 22.4 Å². The number of carboxylic acids is 1. The minimum atomic E-state index is -4.02. The molecule has 0 aliphatic heterocycles. The van der Waals surface area contributed by atoms with Crippen LogP contribution in [0.5, 0.6) is 11.5 Å². The lowest BCUT2D eigenvalue weighted by Gasteiger charge is -2.14. The van der Waals surface area contributed by atoms with Gasteiger partial charge in [-0.15, -0.1) is 0 Å². The lowest BCUT2D eigenvalue weighted by Crippen LogP contribution is -2.15. The van der Waals surface area contributed by atoms with Crippen LogP contribution in [-0.4, -0.2) is 29.5 Å². The molecule has 1 unspecified atom stereocenters. The number of aromatic amines is 1. The monoisotopic (exact) mass is 697 g/mol. The van der Waals surface area contributed by atoms with Crippen molar-refractivity contribution < 1.29 is 23.1 Å². The summed E-state index contributed by atoms with van der Waals surface area (Å²) in [4.78, 5) is 19.9. The first-order valence-electron chi connectivity index (χ1n) is 14.9. The van der Waals surface area contributed by atoms with Crippen LogP contribution >= 0.6 is 23.2 Å². The van der Waals surface area contributed by atoms with Crippen molar-refractivity contribution in [3.8, 4) is 33.9 Å². The summed E-state index contributed by atoms with van der Waals surface area (Å²) in [6, 6.07) is 33.0. The SMILES string of the molecule is CCC(c1ccc(-c2ccc(Oc3ccc(C(=O)O)c(NS(=O)(=O)c4ccccc4)c3)cc2)cc1)c1ncc(-c2ccc(Cl)cc2Cl)[nH]1. The number of halogens is 2. The van der Waals surface area contributed by atoms with Crippen LogP contribution in [0.4, 0.5) is 5.69 Å². The standard InChI is InChI=1S/C37H29Cl2N3O5S/c1-2-30(36-40-22-35(41-36)31-18-14-26(38)20-33(31)39)25-10-8-23(9-11-25)24-12-15-27(16-13-24)47-28-17-19-32(37(43)44)34(21-28)42-48(45,46)29-6-4-3-5-7-29/h3-22,30,42H,2H2,1H3,(H,40,41)(H,43,44). The van der Waals surface area contributed by atoms with Crippen molar-refractivity contribution in [3.05, 3.63) is 148 Å². The van der Waals surface area contributed by atoms with Crippen LogP contribution in [0.3, 0.4) is 0 Å². The van der Waals surface area contributed by atoms with E-state index in [-0.39, 0.29) is 27.8 Å². The smallest absolute Gasteiger partial charge is 0.337 e. The van der Waals surface area contributed by atoms with Gasteiger partial charge in [0.1, 0.15) is 17.3 Å². The van der Waals surface area contributed by atoms with Crippen molar-refractivity contribution in [2.24, 2.45) is 0 Å². The molecule has 0 fully saturated rings. The summed E-state index contributed by atoms with van der Waals surface area (Å²) in [5.41, 5.74) is 4.45. The normalized spacial score (nSPS) is 12.0. The van der Waals surface area contributed by atoms with Crippen LogP contribution in [0.2, 0.25) is 10.0 Å². The first-order chi connectivity index (χ1) is 23.1. The predicted molar refractivity (Wildman–Crippen MR) is 189 cm³/mol. The van der Waals surface area contributed by atoms with Gasteiger partial charge in [0.05, 0.1) is 33.1 Å². The molecule has 0 aliphatic rings. The second kappa shape index (κ2) is 13.9. The third kappa shape index (κ3) is 7.23. The number of aromatic carboxylic acids is 1. The number of benzene rings is 5. The Labute approximate surface area is 288 Å². The van der Waals surface area contributed by atoms with Gasteiger partial charge in [-0.05, 0) is 77.7 Å². The van der Waals surface area contributed by atoms with Crippen LogP contribution in [-0.2, 0) is 10.0 Å². The molecule has 3 N–H and O–H groups in total. The fraction of sp³-hybridized carbons (Fsp3) is 0.0811. The summed E-state index contributed by atoms with van der Waals surface area (Å²) in [6.07, 6.45) is 2.63. The lowest BCUT2D eigenvalue weighted by atomic mass is 9.93. The highest BCUT2D eigenvalue weighted by Gasteiger charge is 2.20. The van der Waals surface area contributed by atoms with E-state index >= 15 is 0 Å². The molecule has 11 heteroatoms. The number of ether oxygens (including phenoxy) is 1. The Morgan fingerprint density at radius 1 is 0.875 bits per heavy atom. The van der Waals surface area contributed by atoms with Crippen molar-refractivity contribution >= 4 is 44.9 Å². The highest BCUT2D eigenvalue weighted by molar-refractivity contribution is 7.92. The Morgan fingerprint density at radius 2 is 1.54 bits per heavy atom. The van der Waals surface area contributed by atoms with E-state index in [2.05, 4.69) is 45.9 Å². The van der Waals surface area contributed by atoms with Gasteiger partial charge in [-0.2, -0.15) is 0 Å². The van der Waals surface area contributed by atoms with E-state index in [1.54, 1.807) is 48.7 Å². The summed E-state index contributed by atoms with van der Waals surface area (Å²) >= 11 is 12.5. The molecule has 0 radical (unpaired) electrons. The fourth-order valence-corrected chi connectivity index (χ4v) is 6.97. The largest absolute Gasteiger partial charge is 0.478 e. The van der Waals surface area contributed by atoms with Crippen LogP contribution < -0.4 is 9.46 Å². The zero-order chi connectivity index (χ0) is 33.8. The van der Waals surface area contributed by atoms with Gasteiger partial charge < -0.3 is 14.8 Å². The van der Waals surface area contributed by atoms with Crippen LogP contribution in [0, 0.1) is 0 Å². The third-order valence-corrected chi connectivity index (χ3v) is 9.74. The van der Waals surface area contributed by atoms with E-state index in [0.717, 1.165) is 40.2 Å². The highest BCUT2D eigenvalue weighted by Crippen LogP contribution is 2.34. The van der Waals surface area contributed by atoms with Gasteiger partial charge in [-0.25, -0.2) is 18.2 Å². The molecule has 1 atom stereocenters. The fourth-order valence-electron chi connectivity index (χ4n) is 5.37. The molecule has 1 heterocycles. The number of carboxylic acid groups (broad SMARTS) is 1. The Kier molecular flexibility index (Phi) is 9.54. The minimum absolute atomic E-state index is 0.0103. The lowest BCUT2D eigenvalue weighted by molar-refractivity contribution is 0.0698. The van der Waals surface area contributed by atoms with Crippen LogP contribution in [0.1, 0.15) is 41.0 Å². The Balaban J connectivity index is 1.16. The van der Waals surface area contributed by atoms with Gasteiger partial charge in [0.15, 0.2) is 0 Å². The number of aromatic nitrogens is 2. The van der Waals surface area contributed by atoms with Crippen molar-refractivity contribution in [3.63, 3.8) is 0 Å². The second-order valence-electron chi connectivity index (χ2n) is 10.9. The average Bonchev–Trinajstić information content (AvgIpc) is 3.55. The number of nitrogens with zero attached hydrogens (tertiary/aromatic N) is 1. The van der Waals surface area contributed by atoms with Gasteiger partial charge >= 0.3 is 5.97 Å². The van der Waals surface area contributed by atoms with E-state index in [4.69, 9.17) is 27.9 Å². The molecule has 8 nitrogen and oxygen atoms in total. The second-order valence-corrected chi connectivity index (χ2v) is 13.5. The summed E-state index contributed by atoms with van der Waals surface area (Å²) in [5.74, 6) is 0.401. The first-order valence-corrected chi connectivity index (χ1v) is 17.2. The van der Waals surface area contributed by atoms with E-state index in [9.17, 15) is 18.3 Å². The summed E-state index contributed by atoms with van der Waals surface area (Å²) in [5, 5.41) is 10.8. The van der Waals surface area contributed by atoms with Crippen LogP contribution in [0.15, 0.2) is 126 Å². The number of rotatable bonds is 11.